The quantitative estimate of drug-likeness (QED) is 0.196. The predicted octanol–water partition coefficient (Wildman–Crippen LogP) is 3.72. The normalized spacial score (nSPS) is 17.3. The lowest BCUT2D eigenvalue weighted by Crippen LogP contribution is -2.29. The molecule has 1 N–H and O–H groups in total. The number of carbonyl (C=O) groups is 2. The van der Waals surface area contributed by atoms with Crippen molar-refractivity contribution in [1.29, 1.82) is 0 Å². The zero-order valence-corrected chi connectivity index (χ0v) is 16.8. The van der Waals surface area contributed by atoms with E-state index in [0.717, 1.165) is 11.0 Å². The number of nitrogens with zero attached hydrogens (tertiary/aromatic N) is 3. The first-order valence-corrected chi connectivity index (χ1v) is 9.58. The average molecular weight is 449 g/mol. The van der Waals surface area contributed by atoms with Crippen LogP contribution >= 0.6 is 0 Å². The molecule has 1 atom stereocenters. The van der Waals surface area contributed by atoms with Gasteiger partial charge in [-0.1, -0.05) is 24.3 Å². The minimum absolute atomic E-state index is 0.0457. The van der Waals surface area contributed by atoms with E-state index >= 15 is 0 Å². The van der Waals surface area contributed by atoms with Gasteiger partial charge < -0.3 is 14.4 Å². The predicted molar refractivity (Wildman–Crippen MR) is 113 cm³/mol. The van der Waals surface area contributed by atoms with Crippen LogP contribution in [0.2, 0.25) is 0 Å². The standard InChI is InChI=1S/C22H15N3O8/c26-20(14-5-2-7-16(11-14)25(31)32)18-19(13-4-1-6-15(10-13)24(29)30)23(22(28)21(18)27)12-17-8-3-9-33-17/h1-11,19,26H,12H2/t19-/m1/s1. The molecule has 1 aliphatic rings. The van der Waals surface area contributed by atoms with E-state index < -0.39 is 33.3 Å². The third-order valence-electron chi connectivity index (χ3n) is 5.17. The van der Waals surface area contributed by atoms with Crippen LogP contribution in [-0.4, -0.2) is 31.5 Å². The smallest absolute Gasteiger partial charge is 0.296 e. The molecular formula is C22H15N3O8. The second-order valence-electron chi connectivity index (χ2n) is 7.17. The van der Waals surface area contributed by atoms with Crippen LogP contribution in [0.15, 0.2) is 76.9 Å². The number of Topliss-reactive ketones (excluding diaryl/α,β-unsaturated/α-hetero) is 1. The molecule has 1 aromatic heterocycles. The highest BCUT2D eigenvalue weighted by atomic mass is 16.6. The molecule has 1 amide bonds. The van der Waals surface area contributed by atoms with E-state index in [2.05, 4.69) is 0 Å². The maximum Gasteiger partial charge on any atom is 0.296 e. The summed E-state index contributed by atoms with van der Waals surface area (Å²) in [5.41, 5.74) is -0.771. The lowest BCUT2D eigenvalue weighted by Gasteiger charge is -2.24. The second kappa shape index (κ2) is 8.38. The summed E-state index contributed by atoms with van der Waals surface area (Å²) in [5, 5.41) is 33.4. The van der Waals surface area contributed by atoms with Gasteiger partial charge in [-0.2, -0.15) is 0 Å². The molecule has 11 nitrogen and oxygen atoms in total. The highest BCUT2D eigenvalue weighted by Crippen LogP contribution is 2.41. The largest absolute Gasteiger partial charge is 0.507 e. The first-order valence-electron chi connectivity index (χ1n) is 9.58. The molecule has 0 radical (unpaired) electrons. The van der Waals surface area contributed by atoms with Crippen LogP contribution in [0.5, 0.6) is 0 Å². The molecule has 33 heavy (non-hydrogen) atoms. The third kappa shape index (κ3) is 3.94. The van der Waals surface area contributed by atoms with Gasteiger partial charge in [-0.15, -0.1) is 0 Å². The van der Waals surface area contributed by atoms with Crippen molar-refractivity contribution < 1.29 is 29.0 Å². The minimum Gasteiger partial charge on any atom is -0.507 e. The van der Waals surface area contributed by atoms with Crippen molar-refractivity contribution in [1.82, 2.24) is 4.90 Å². The zero-order chi connectivity index (χ0) is 23.7. The fraction of sp³-hybridized carbons (Fsp3) is 0.0909. The Hall–Kier alpha value is -4.80. The Labute approximate surface area is 185 Å². The van der Waals surface area contributed by atoms with Crippen molar-refractivity contribution in [2.45, 2.75) is 12.6 Å². The lowest BCUT2D eigenvalue weighted by atomic mass is 9.95. The number of carbonyl (C=O) groups excluding carboxylic acids is 2. The fourth-order valence-corrected chi connectivity index (χ4v) is 3.69. The highest BCUT2D eigenvalue weighted by Gasteiger charge is 2.46. The Balaban J connectivity index is 1.91. The number of hydrogen-bond acceptors (Lipinski definition) is 8. The van der Waals surface area contributed by atoms with Crippen molar-refractivity contribution in [2.24, 2.45) is 0 Å². The number of aliphatic hydroxyl groups is 1. The van der Waals surface area contributed by atoms with E-state index in [9.17, 15) is 34.9 Å². The maximum absolute atomic E-state index is 13.0. The Kier molecular flexibility index (Phi) is 5.44. The first-order chi connectivity index (χ1) is 15.8. The number of hydrogen-bond donors (Lipinski definition) is 1. The van der Waals surface area contributed by atoms with Crippen molar-refractivity contribution in [3.05, 3.63) is 110 Å². The van der Waals surface area contributed by atoms with Gasteiger partial charge in [0.25, 0.3) is 23.1 Å². The molecular weight excluding hydrogens is 434 g/mol. The van der Waals surface area contributed by atoms with Crippen LogP contribution in [0.25, 0.3) is 5.76 Å². The van der Waals surface area contributed by atoms with Gasteiger partial charge in [0.15, 0.2) is 0 Å². The SMILES string of the molecule is O=C1C(=O)N(Cc2ccco2)[C@H](c2cccc([N+](=O)[O-])c2)C1=C(O)c1cccc([N+](=O)[O-])c1. The lowest BCUT2D eigenvalue weighted by molar-refractivity contribution is -0.385. The van der Waals surface area contributed by atoms with E-state index in [1.165, 1.54) is 48.7 Å². The van der Waals surface area contributed by atoms with Crippen LogP contribution in [0.1, 0.15) is 22.9 Å². The van der Waals surface area contributed by atoms with Gasteiger partial charge in [-0.3, -0.25) is 29.8 Å². The number of non-ortho nitro benzene ring substituents is 2. The van der Waals surface area contributed by atoms with Crippen LogP contribution in [0.4, 0.5) is 11.4 Å². The summed E-state index contributed by atoms with van der Waals surface area (Å²) in [5.74, 6) is -2.25. The molecule has 2 heterocycles. The number of aliphatic hydroxyl groups excluding tert-OH is 1. The second-order valence-corrected chi connectivity index (χ2v) is 7.17. The summed E-state index contributed by atoms with van der Waals surface area (Å²) < 4.78 is 5.28. The molecule has 0 bridgehead atoms. The Morgan fingerprint density at radius 3 is 2.27 bits per heavy atom. The van der Waals surface area contributed by atoms with E-state index in [1.807, 2.05) is 0 Å². The summed E-state index contributed by atoms with van der Waals surface area (Å²) in [7, 11) is 0. The number of ketones is 1. The molecule has 1 aliphatic heterocycles. The van der Waals surface area contributed by atoms with Gasteiger partial charge in [0.1, 0.15) is 11.5 Å². The van der Waals surface area contributed by atoms with E-state index in [1.54, 1.807) is 12.1 Å². The molecule has 11 heteroatoms. The van der Waals surface area contributed by atoms with Crippen LogP contribution in [0, 0.1) is 20.2 Å². The van der Waals surface area contributed by atoms with Gasteiger partial charge in [0.2, 0.25) is 0 Å². The van der Waals surface area contributed by atoms with Gasteiger partial charge in [-0.05, 0) is 17.7 Å². The van der Waals surface area contributed by atoms with E-state index in [4.69, 9.17) is 4.42 Å². The zero-order valence-electron chi connectivity index (χ0n) is 16.8. The number of benzene rings is 2. The molecule has 0 aliphatic carbocycles. The van der Waals surface area contributed by atoms with Gasteiger partial charge in [-0.25, -0.2) is 0 Å². The van der Waals surface area contributed by atoms with Crippen LogP contribution in [-0.2, 0) is 16.1 Å². The molecule has 3 aromatic rings. The summed E-state index contributed by atoms with van der Waals surface area (Å²) in [6.45, 7) is -0.142. The molecule has 0 spiro atoms. The monoisotopic (exact) mass is 449 g/mol. The molecule has 4 rings (SSSR count). The maximum atomic E-state index is 13.0. The van der Waals surface area contributed by atoms with Crippen molar-refractivity contribution in [3.8, 4) is 0 Å². The van der Waals surface area contributed by atoms with Gasteiger partial charge >= 0.3 is 0 Å². The van der Waals surface area contributed by atoms with Crippen molar-refractivity contribution >= 4 is 28.8 Å². The summed E-state index contributed by atoms with van der Waals surface area (Å²) in [4.78, 5) is 48.1. The number of amides is 1. The molecule has 166 valence electrons. The number of furan rings is 1. The van der Waals surface area contributed by atoms with Crippen molar-refractivity contribution in [3.63, 3.8) is 0 Å². The van der Waals surface area contributed by atoms with Crippen LogP contribution < -0.4 is 0 Å². The van der Waals surface area contributed by atoms with E-state index in [0.29, 0.717) is 5.76 Å². The molecule has 0 saturated carbocycles. The molecule has 2 aromatic carbocycles. The summed E-state index contributed by atoms with van der Waals surface area (Å²) >= 11 is 0. The highest BCUT2D eigenvalue weighted by molar-refractivity contribution is 6.46. The number of likely N-dealkylation sites (tertiary alicyclic amines) is 1. The Morgan fingerprint density at radius 2 is 1.64 bits per heavy atom. The molecule has 0 unspecified atom stereocenters. The third-order valence-corrected chi connectivity index (χ3v) is 5.17. The van der Waals surface area contributed by atoms with E-state index in [-0.39, 0.29) is 34.6 Å². The summed E-state index contributed by atoms with van der Waals surface area (Å²) in [6.07, 6.45) is 1.39. The molecule has 1 saturated heterocycles. The number of nitro groups is 2. The number of nitro benzene ring substituents is 2. The Morgan fingerprint density at radius 1 is 0.970 bits per heavy atom. The fourth-order valence-electron chi connectivity index (χ4n) is 3.69. The first kappa shape index (κ1) is 21.4. The Bertz CT molecular complexity index is 1310. The number of rotatable bonds is 6. The average Bonchev–Trinajstić information content (AvgIpc) is 3.41. The topological polar surface area (TPSA) is 157 Å². The van der Waals surface area contributed by atoms with Gasteiger partial charge in [0.05, 0.1) is 34.3 Å². The van der Waals surface area contributed by atoms with Gasteiger partial charge in [0, 0.05) is 29.8 Å². The van der Waals surface area contributed by atoms with Crippen LogP contribution in [0.3, 0.4) is 0 Å². The molecule has 1 fully saturated rings. The summed E-state index contributed by atoms with van der Waals surface area (Å²) in [6, 6.07) is 12.3. The minimum atomic E-state index is -1.19. The van der Waals surface area contributed by atoms with Crippen molar-refractivity contribution in [2.75, 3.05) is 0 Å².